The number of thiazole rings is 1. The molecule has 0 spiro atoms. The van der Waals surface area contributed by atoms with Crippen molar-refractivity contribution in [3.8, 4) is 5.88 Å². The summed E-state index contributed by atoms with van der Waals surface area (Å²) < 4.78 is 1.36. The maximum absolute atomic E-state index is 12.5. The van der Waals surface area contributed by atoms with Crippen LogP contribution in [-0.4, -0.2) is 51.0 Å². The first-order chi connectivity index (χ1) is 12.0. The molecule has 7 nitrogen and oxygen atoms in total. The number of hydrogen-bond donors (Lipinski definition) is 2. The maximum Gasteiger partial charge on any atom is 0.275 e. The van der Waals surface area contributed by atoms with E-state index < -0.39 is 17.3 Å². The van der Waals surface area contributed by atoms with Gasteiger partial charge >= 0.3 is 0 Å². The summed E-state index contributed by atoms with van der Waals surface area (Å²) in [5.74, 6) is -1.07. The molecule has 0 saturated carbocycles. The standard InChI is InChI=1S/C17H24N4O3S/c1-11-6-3-4-8-20(11)9-5-7-18-14(22)13-15(23)19-17-21(16(13)24)12(2)10-25-17/h10-11,23H,3-9H2,1-2H3,(H,18,22)/t11-/m0/s1. The number of rotatable bonds is 5. The van der Waals surface area contributed by atoms with Crippen molar-refractivity contribution in [1.82, 2.24) is 19.6 Å². The summed E-state index contributed by atoms with van der Waals surface area (Å²) in [4.78, 5) is 31.6. The molecule has 1 saturated heterocycles. The molecule has 3 heterocycles. The number of nitrogens with zero attached hydrogens (tertiary/aromatic N) is 3. The van der Waals surface area contributed by atoms with Crippen LogP contribution in [0, 0.1) is 6.92 Å². The normalized spacial score (nSPS) is 18.6. The molecule has 1 fully saturated rings. The van der Waals surface area contributed by atoms with Crippen LogP contribution in [0.3, 0.4) is 0 Å². The lowest BCUT2D eigenvalue weighted by Gasteiger charge is -2.33. The Morgan fingerprint density at radius 2 is 2.28 bits per heavy atom. The van der Waals surface area contributed by atoms with Crippen molar-refractivity contribution in [2.75, 3.05) is 19.6 Å². The molecule has 136 valence electrons. The van der Waals surface area contributed by atoms with Gasteiger partial charge in [-0.3, -0.25) is 14.0 Å². The van der Waals surface area contributed by atoms with Crippen LogP contribution < -0.4 is 10.9 Å². The van der Waals surface area contributed by atoms with E-state index in [9.17, 15) is 14.7 Å². The first-order valence-corrected chi connectivity index (χ1v) is 9.59. The van der Waals surface area contributed by atoms with E-state index in [0.29, 0.717) is 23.2 Å². The third kappa shape index (κ3) is 3.69. The Hall–Kier alpha value is -1.93. The van der Waals surface area contributed by atoms with Crippen LogP contribution in [0.1, 0.15) is 48.7 Å². The highest BCUT2D eigenvalue weighted by atomic mass is 32.1. The number of hydrogen-bond acceptors (Lipinski definition) is 6. The van der Waals surface area contributed by atoms with E-state index in [1.165, 1.54) is 35.0 Å². The minimum absolute atomic E-state index is 0.287. The van der Waals surface area contributed by atoms with Gasteiger partial charge < -0.3 is 15.3 Å². The summed E-state index contributed by atoms with van der Waals surface area (Å²) in [6.07, 6.45) is 4.55. The number of aromatic hydroxyl groups is 1. The third-order valence-corrected chi connectivity index (χ3v) is 5.74. The number of nitrogens with one attached hydrogen (secondary N) is 1. The average molecular weight is 364 g/mol. The molecular weight excluding hydrogens is 340 g/mol. The van der Waals surface area contributed by atoms with Gasteiger partial charge in [-0.1, -0.05) is 6.42 Å². The summed E-state index contributed by atoms with van der Waals surface area (Å²) in [5.41, 5.74) is -0.112. The predicted octanol–water partition coefficient (Wildman–Crippen LogP) is 1.76. The number of aryl methyl sites for hydroxylation is 1. The quantitative estimate of drug-likeness (QED) is 0.790. The van der Waals surface area contributed by atoms with E-state index in [0.717, 1.165) is 19.5 Å². The van der Waals surface area contributed by atoms with Crippen molar-refractivity contribution >= 4 is 22.2 Å². The lowest BCUT2D eigenvalue weighted by Crippen LogP contribution is -2.39. The van der Waals surface area contributed by atoms with Crippen LogP contribution in [-0.2, 0) is 0 Å². The zero-order valence-electron chi connectivity index (χ0n) is 14.6. The van der Waals surface area contributed by atoms with Crippen LogP contribution in [0.15, 0.2) is 10.2 Å². The molecule has 0 aliphatic carbocycles. The summed E-state index contributed by atoms with van der Waals surface area (Å²) in [6, 6.07) is 0.589. The molecule has 1 aliphatic rings. The minimum Gasteiger partial charge on any atom is -0.492 e. The molecule has 8 heteroatoms. The number of aromatic nitrogens is 2. The van der Waals surface area contributed by atoms with Gasteiger partial charge in [-0.25, -0.2) is 0 Å². The second kappa shape index (κ2) is 7.53. The second-order valence-electron chi connectivity index (χ2n) is 6.60. The van der Waals surface area contributed by atoms with Gasteiger partial charge in [0, 0.05) is 30.2 Å². The van der Waals surface area contributed by atoms with Crippen LogP contribution >= 0.6 is 11.3 Å². The summed E-state index contributed by atoms with van der Waals surface area (Å²) in [7, 11) is 0. The molecule has 1 atom stereocenters. The number of carbonyl (C=O) groups excluding carboxylic acids is 1. The molecule has 1 amide bonds. The molecule has 25 heavy (non-hydrogen) atoms. The van der Waals surface area contributed by atoms with Crippen molar-refractivity contribution < 1.29 is 9.90 Å². The van der Waals surface area contributed by atoms with E-state index in [1.807, 2.05) is 0 Å². The molecule has 2 N–H and O–H groups in total. The van der Waals surface area contributed by atoms with E-state index in [4.69, 9.17) is 0 Å². The van der Waals surface area contributed by atoms with Crippen molar-refractivity contribution in [1.29, 1.82) is 0 Å². The Kier molecular flexibility index (Phi) is 5.39. The Labute approximate surface area is 150 Å². The predicted molar refractivity (Wildman–Crippen MR) is 97.6 cm³/mol. The van der Waals surface area contributed by atoms with Crippen molar-refractivity contribution in [3.05, 3.63) is 27.0 Å². The highest BCUT2D eigenvalue weighted by Gasteiger charge is 2.21. The van der Waals surface area contributed by atoms with E-state index in [1.54, 1.807) is 12.3 Å². The molecule has 0 bridgehead atoms. The Balaban J connectivity index is 1.62. The van der Waals surface area contributed by atoms with Crippen LogP contribution in [0.5, 0.6) is 5.88 Å². The topological polar surface area (TPSA) is 86.9 Å². The van der Waals surface area contributed by atoms with Crippen LogP contribution in [0.25, 0.3) is 4.96 Å². The van der Waals surface area contributed by atoms with Crippen molar-refractivity contribution in [2.24, 2.45) is 0 Å². The van der Waals surface area contributed by atoms with Gasteiger partial charge in [-0.2, -0.15) is 4.98 Å². The Morgan fingerprint density at radius 3 is 3.04 bits per heavy atom. The van der Waals surface area contributed by atoms with Gasteiger partial charge in [0.1, 0.15) is 0 Å². The van der Waals surface area contributed by atoms with Gasteiger partial charge in [0.25, 0.3) is 11.5 Å². The van der Waals surface area contributed by atoms with Gasteiger partial charge in [0.2, 0.25) is 5.88 Å². The summed E-state index contributed by atoms with van der Waals surface area (Å²) in [6.45, 7) is 6.50. The molecule has 2 aromatic rings. The Morgan fingerprint density at radius 1 is 1.48 bits per heavy atom. The Bertz CT molecular complexity index is 829. The number of amides is 1. The number of carbonyl (C=O) groups is 1. The number of piperidine rings is 1. The molecule has 0 aromatic carbocycles. The van der Waals surface area contributed by atoms with Crippen LogP contribution in [0.4, 0.5) is 0 Å². The van der Waals surface area contributed by atoms with Gasteiger partial charge in [-0.15, -0.1) is 11.3 Å². The van der Waals surface area contributed by atoms with E-state index >= 15 is 0 Å². The highest BCUT2D eigenvalue weighted by Crippen LogP contribution is 2.18. The van der Waals surface area contributed by atoms with Gasteiger partial charge in [0.15, 0.2) is 10.5 Å². The lowest BCUT2D eigenvalue weighted by atomic mass is 10.0. The first-order valence-electron chi connectivity index (χ1n) is 8.71. The minimum atomic E-state index is -0.568. The van der Waals surface area contributed by atoms with E-state index in [-0.39, 0.29) is 5.56 Å². The summed E-state index contributed by atoms with van der Waals surface area (Å²) in [5, 5.41) is 14.5. The fourth-order valence-corrected chi connectivity index (χ4v) is 4.19. The molecular formula is C17H24N4O3S. The van der Waals surface area contributed by atoms with Crippen molar-refractivity contribution in [3.63, 3.8) is 0 Å². The first kappa shape index (κ1) is 17.9. The van der Waals surface area contributed by atoms with Gasteiger partial charge in [0.05, 0.1) is 0 Å². The average Bonchev–Trinajstić information content (AvgIpc) is 2.94. The number of likely N-dealkylation sites (tertiary alicyclic amines) is 1. The second-order valence-corrected chi connectivity index (χ2v) is 7.44. The molecule has 3 rings (SSSR count). The van der Waals surface area contributed by atoms with E-state index in [2.05, 4.69) is 22.1 Å². The van der Waals surface area contributed by atoms with Crippen LogP contribution in [0.2, 0.25) is 0 Å². The smallest absolute Gasteiger partial charge is 0.275 e. The maximum atomic E-state index is 12.5. The molecule has 0 unspecified atom stereocenters. The SMILES string of the molecule is Cc1csc2nc(O)c(C(=O)NCCCN3CCCC[C@@H]3C)c(=O)n12. The lowest BCUT2D eigenvalue weighted by molar-refractivity contribution is 0.0943. The fourth-order valence-electron chi connectivity index (χ4n) is 3.33. The third-order valence-electron chi connectivity index (χ3n) is 4.80. The number of fused-ring (bicyclic) bond motifs is 1. The molecule has 0 radical (unpaired) electrons. The molecule has 1 aliphatic heterocycles. The fraction of sp³-hybridized carbons (Fsp3) is 0.588. The molecule has 2 aromatic heterocycles. The summed E-state index contributed by atoms with van der Waals surface area (Å²) >= 11 is 1.25. The van der Waals surface area contributed by atoms with Gasteiger partial charge in [-0.05, 0) is 39.7 Å². The zero-order chi connectivity index (χ0) is 18.0. The zero-order valence-corrected chi connectivity index (χ0v) is 15.4. The highest BCUT2D eigenvalue weighted by molar-refractivity contribution is 7.15. The largest absolute Gasteiger partial charge is 0.492 e. The monoisotopic (exact) mass is 364 g/mol. The van der Waals surface area contributed by atoms with Crippen molar-refractivity contribution in [2.45, 2.75) is 45.6 Å².